The lowest BCUT2D eigenvalue weighted by atomic mass is 9.93. The highest BCUT2D eigenvalue weighted by atomic mass is 28.4. The van der Waals surface area contributed by atoms with E-state index in [9.17, 15) is 5.11 Å². The lowest BCUT2D eigenvalue weighted by Gasteiger charge is -2.39. The second-order valence-electron chi connectivity index (χ2n) is 10.9. The van der Waals surface area contributed by atoms with Crippen LogP contribution in [0.4, 0.5) is 0 Å². The van der Waals surface area contributed by atoms with Crippen molar-refractivity contribution in [3.8, 4) is 0 Å². The van der Waals surface area contributed by atoms with Gasteiger partial charge in [0.2, 0.25) is 0 Å². The zero-order valence-electron chi connectivity index (χ0n) is 20.2. The highest BCUT2D eigenvalue weighted by Crippen LogP contribution is 2.41. The fourth-order valence-electron chi connectivity index (χ4n) is 4.26. The molecule has 2 aliphatic heterocycles. The van der Waals surface area contributed by atoms with E-state index in [0.29, 0.717) is 19.1 Å². The summed E-state index contributed by atoms with van der Waals surface area (Å²) in [6.45, 7) is 14.8. The Hall–Kier alpha value is -0.763. The Kier molecular flexibility index (Phi) is 8.38. The Morgan fingerprint density at radius 3 is 2.45 bits per heavy atom. The number of aliphatic hydroxyl groups excluding tert-OH is 1. The van der Waals surface area contributed by atoms with Crippen LogP contribution in [-0.2, 0) is 25.2 Å². The van der Waals surface area contributed by atoms with E-state index >= 15 is 0 Å². The molecule has 5 nitrogen and oxygen atoms in total. The van der Waals surface area contributed by atoms with Crippen molar-refractivity contribution in [3.63, 3.8) is 0 Å². The molecule has 2 unspecified atom stereocenters. The van der Waals surface area contributed by atoms with Crippen molar-refractivity contribution in [2.75, 3.05) is 6.61 Å². The smallest absolute Gasteiger partial charge is 0.192 e. The van der Waals surface area contributed by atoms with E-state index in [4.69, 9.17) is 18.6 Å². The minimum Gasteiger partial charge on any atom is -0.411 e. The number of ether oxygens (including phenoxy) is 3. The number of rotatable bonds is 9. The Bertz CT molecular complexity index is 674. The first-order valence-electron chi connectivity index (χ1n) is 11.8. The molecule has 0 saturated carbocycles. The molecule has 2 aliphatic rings. The number of hydrogen-bond acceptors (Lipinski definition) is 5. The van der Waals surface area contributed by atoms with Crippen molar-refractivity contribution < 1.29 is 23.7 Å². The van der Waals surface area contributed by atoms with Gasteiger partial charge in [-0.1, -0.05) is 58.0 Å². The first-order valence-corrected chi connectivity index (χ1v) is 14.7. The first-order chi connectivity index (χ1) is 14.5. The molecule has 2 fully saturated rings. The highest BCUT2D eigenvalue weighted by molar-refractivity contribution is 6.74. The maximum absolute atomic E-state index is 9.75. The molecule has 0 spiro atoms. The zero-order chi connectivity index (χ0) is 22.6. The van der Waals surface area contributed by atoms with Crippen molar-refractivity contribution in [1.29, 1.82) is 0 Å². The maximum atomic E-state index is 9.75. The third kappa shape index (κ3) is 6.86. The highest BCUT2D eigenvalue weighted by Gasteiger charge is 2.45. The van der Waals surface area contributed by atoms with Crippen LogP contribution in [0.25, 0.3) is 0 Å². The summed E-state index contributed by atoms with van der Waals surface area (Å²) in [5.41, 5.74) is 1.18. The number of hydrogen-bond donors (Lipinski definition) is 1. The molecule has 31 heavy (non-hydrogen) atoms. The fraction of sp³-hybridized carbons (Fsp3) is 0.760. The summed E-state index contributed by atoms with van der Waals surface area (Å²) in [5.74, 6) is 0.316. The van der Waals surface area contributed by atoms with Gasteiger partial charge in [-0.05, 0) is 42.5 Å². The monoisotopic (exact) mass is 450 g/mol. The van der Waals surface area contributed by atoms with E-state index in [0.717, 1.165) is 25.7 Å². The van der Waals surface area contributed by atoms with E-state index in [1.54, 1.807) is 0 Å². The van der Waals surface area contributed by atoms with Crippen LogP contribution in [0, 0.1) is 5.92 Å². The molecule has 0 radical (unpaired) electrons. The van der Waals surface area contributed by atoms with E-state index < -0.39 is 14.6 Å². The molecule has 0 aliphatic carbocycles. The van der Waals surface area contributed by atoms with Gasteiger partial charge in [0.15, 0.2) is 14.6 Å². The summed E-state index contributed by atoms with van der Waals surface area (Å²) < 4.78 is 25.0. The molecule has 1 aromatic carbocycles. The van der Waals surface area contributed by atoms with E-state index in [2.05, 4.69) is 52.9 Å². The average molecular weight is 451 g/mol. The minimum absolute atomic E-state index is 0.0378. The zero-order valence-corrected chi connectivity index (χ0v) is 21.2. The topological polar surface area (TPSA) is 57.2 Å². The fourth-order valence-corrected chi connectivity index (χ4v) is 5.62. The van der Waals surface area contributed by atoms with Crippen LogP contribution in [-0.4, -0.2) is 50.7 Å². The summed E-state index contributed by atoms with van der Waals surface area (Å²) >= 11 is 0. The van der Waals surface area contributed by atoms with Crippen molar-refractivity contribution >= 4 is 8.32 Å². The van der Waals surface area contributed by atoms with E-state index in [1.807, 2.05) is 18.2 Å². The van der Waals surface area contributed by atoms with Crippen molar-refractivity contribution in [2.45, 2.75) is 109 Å². The van der Waals surface area contributed by atoms with Gasteiger partial charge >= 0.3 is 0 Å². The molecule has 176 valence electrons. The molecule has 3 rings (SSSR count). The standard InChI is InChI=1S/C25H42O5Si/c1-18(21-12-13-24(26)29-21)14-22-23(30-31(5,6)25(2,3)4)15-20(28-22)17-27-16-19-10-8-7-9-11-19/h7-11,18,20-24,26H,12-17H2,1-6H3/t18-,20+,21?,22-,23-,24?/m1/s1. The lowest BCUT2D eigenvalue weighted by molar-refractivity contribution is -0.111. The molecule has 0 aromatic heterocycles. The summed E-state index contributed by atoms with van der Waals surface area (Å²) in [6, 6.07) is 10.3. The molecule has 0 amide bonds. The number of benzene rings is 1. The molecule has 1 N–H and O–H groups in total. The summed E-state index contributed by atoms with van der Waals surface area (Å²) in [7, 11) is -1.91. The largest absolute Gasteiger partial charge is 0.411 e. The van der Waals surface area contributed by atoms with Crippen LogP contribution in [0.2, 0.25) is 18.1 Å². The van der Waals surface area contributed by atoms with Gasteiger partial charge in [0, 0.05) is 12.8 Å². The lowest BCUT2D eigenvalue weighted by Crippen LogP contribution is -2.46. The Morgan fingerprint density at radius 1 is 1.13 bits per heavy atom. The molecule has 6 heteroatoms. The molecule has 2 saturated heterocycles. The van der Waals surface area contributed by atoms with Crippen molar-refractivity contribution in [1.82, 2.24) is 0 Å². The normalized spacial score (nSPS) is 30.6. The van der Waals surface area contributed by atoms with E-state index in [1.165, 1.54) is 5.56 Å². The molecular weight excluding hydrogens is 408 g/mol. The van der Waals surface area contributed by atoms with Gasteiger partial charge in [-0.25, -0.2) is 0 Å². The van der Waals surface area contributed by atoms with Crippen LogP contribution >= 0.6 is 0 Å². The first kappa shape index (κ1) is 24.9. The van der Waals surface area contributed by atoms with Gasteiger partial charge in [0.1, 0.15) is 0 Å². The summed E-state index contributed by atoms with van der Waals surface area (Å²) in [6.07, 6.45) is 3.03. The predicted molar refractivity (Wildman–Crippen MR) is 125 cm³/mol. The predicted octanol–water partition coefficient (Wildman–Crippen LogP) is 5.27. The molecular formula is C25H42O5Si. The second kappa shape index (κ2) is 10.4. The molecule has 2 heterocycles. The van der Waals surface area contributed by atoms with Crippen LogP contribution in [0.15, 0.2) is 30.3 Å². The minimum atomic E-state index is -1.91. The SMILES string of the molecule is C[C@H](C[C@H]1O[C@H](COCc2ccccc2)C[C@H]1O[Si](C)(C)C(C)(C)C)C1CCC(O)O1. The van der Waals surface area contributed by atoms with Crippen molar-refractivity contribution in [3.05, 3.63) is 35.9 Å². The van der Waals surface area contributed by atoms with E-state index in [-0.39, 0.29) is 29.5 Å². The van der Waals surface area contributed by atoms with Crippen molar-refractivity contribution in [2.24, 2.45) is 5.92 Å². The van der Waals surface area contributed by atoms with Crippen LogP contribution in [0.1, 0.15) is 58.9 Å². The van der Waals surface area contributed by atoms with Gasteiger partial charge in [-0.3, -0.25) is 0 Å². The third-order valence-electron chi connectivity index (χ3n) is 7.21. The number of aliphatic hydroxyl groups is 1. The second-order valence-corrected chi connectivity index (χ2v) is 15.6. The quantitative estimate of drug-likeness (QED) is 0.519. The molecule has 0 bridgehead atoms. The molecule has 6 atom stereocenters. The Labute approximate surface area is 189 Å². The van der Waals surface area contributed by atoms with Crippen LogP contribution in [0.3, 0.4) is 0 Å². The molecule has 1 aromatic rings. The maximum Gasteiger partial charge on any atom is 0.192 e. The third-order valence-corrected chi connectivity index (χ3v) is 11.7. The van der Waals surface area contributed by atoms with Gasteiger partial charge < -0.3 is 23.7 Å². The summed E-state index contributed by atoms with van der Waals surface area (Å²) in [4.78, 5) is 0. The Morgan fingerprint density at radius 2 is 1.84 bits per heavy atom. The van der Waals surface area contributed by atoms with Gasteiger partial charge in [0.25, 0.3) is 0 Å². The van der Waals surface area contributed by atoms with Gasteiger partial charge in [-0.15, -0.1) is 0 Å². The van der Waals surface area contributed by atoms with Gasteiger partial charge in [-0.2, -0.15) is 0 Å². The van der Waals surface area contributed by atoms with Crippen LogP contribution < -0.4 is 0 Å². The van der Waals surface area contributed by atoms with Gasteiger partial charge in [0.05, 0.1) is 37.6 Å². The average Bonchev–Trinajstić information content (AvgIpc) is 3.28. The summed E-state index contributed by atoms with van der Waals surface area (Å²) in [5, 5.41) is 9.90. The van der Waals surface area contributed by atoms with Crippen LogP contribution in [0.5, 0.6) is 0 Å². The Balaban J connectivity index is 1.60.